The van der Waals surface area contributed by atoms with Gasteiger partial charge in [0.05, 0.1) is 28.6 Å². The Morgan fingerprint density at radius 3 is 2.81 bits per heavy atom. The minimum Gasteiger partial charge on any atom is -0.374 e. The summed E-state index contributed by atoms with van der Waals surface area (Å²) < 4.78 is 0. The van der Waals surface area contributed by atoms with Crippen molar-refractivity contribution in [2.24, 2.45) is 0 Å². The third kappa shape index (κ3) is 2.49. The van der Waals surface area contributed by atoms with Crippen molar-refractivity contribution in [3.63, 3.8) is 0 Å². The first-order valence-corrected chi connectivity index (χ1v) is 5.42. The minimum atomic E-state index is 0.0999. The predicted octanol–water partition coefficient (Wildman–Crippen LogP) is 3.30. The summed E-state index contributed by atoms with van der Waals surface area (Å²) in [4.78, 5) is 8.30. The van der Waals surface area contributed by atoms with Crippen LogP contribution in [0.15, 0.2) is 42.9 Å². The van der Waals surface area contributed by atoms with Crippen molar-refractivity contribution >= 4 is 17.3 Å². The average Bonchev–Trinajstić information content (AvgIpc) is 2.33. The molecular formula is C12H12ClN3. The number of aromatic nitrogens is 2. The van der Waals surface area contributed by atoms with Gasteiger partial charge in [0.2, 0.25) is 0 Å². The average molecular weight is 234 g/mol. The van der Waals surface area contributed by atoms with E-state index in [9.17, 15) is 0 Å². The monoisotopic (exact) mass is 233 g/mol. The summed E-state index contributed by atoms with van der Waals surface area (Å²) in [6.45, 7) is 2.03. The van der Waals surface area contributed by atoms with Gasteiger partial charge >= 0.3 is 0 Å². The van der Waals surface area contributed by atoms with Gasteiger partial charge in [0, 0.05) is 12.4 Å². The van der Waals surface area contributed by atoms with Crippen LogP contribution in [0.4, 0.5) is 5.69 Å². The quantitative estimate of drug-likeness (QED) is 0.884. The van der Waals surface area contributed by atoms with E-state index in [1.54, 1.807) is 24.7 Å². The first kappa shape index (κ1) is 10.9. The molecule has 0 fully saturated rings. The molecular weight excluding hydrogens is 222 g/mol. The van der Waals surface area contributed by atoms with Gasteiger partial charge in [-0.25, -0.2) is 0 Å². The molecule has 0 saturated carbocycles. The summed E-state index contributed by atoms with van der Waals surface area (Å²) in [6.07, 6.45) is 5.15. The van der Waals surface area contributed by atoms with Gasteiger partial charge < -0.3 is 5.32 Å². The molecule has 4 heteroatoms. The van der Waals surface area contributed by atoms with Crippen LogP contribution in [0.2, 0.25) is 5.02 Å². The second kappa shape index (κ2) is 4.94. The van der Waals surface area contributed by atoms with E-state index >= 15 is 0 Å². The lowest BCUT2D eigenvalue weighted by atomic mass is 10.2. The molecule has 0 aliphatic rings. The molecule has 1 unspecified atom stereocenters. The van der Waals surface area contributed by atoms with Gasteiger partial charge in [0.25, 0.3) is 0 Å². The Balaban J connectivity index is 2.14. The fraction of sp³-hybridized carbons (Fsp3) is 0.167. The number of anilines is 1. The maximum atomic E-state index is 6.03. The Morgan fingerprint density at radius 2 is 2.12 bits per heavy atom. The highest BCUT2D eigenvalue weighted by Gasteiger charge is 2.07. The third-order valence-corrected chi connectivity index (χ3v) is 2.60. The Kier molecular flexibility index (Phi) is 3.37. The molecule has 1 N–H and O–H groups in total. The lowest BCUT2D eigenvalue weighted by Crippen LogP contribution is -2.08. The van der Waals surface area contributed by atoms with Crippen molar-refractivity contribution in [2.45, 2.75) is 13.0 Å². The standard InChI is InChI=1S/C12H12ClN3/c1-9(11-4-2-3-6-15-11)16-12-8-14-7-5-10(12)13/h2-9,16H,1H3. The summed E-state index contributed by atoms with van der Waals surface area (Å²) >= 11 is 6.03. The van der Waals surface area contributed by atoms with E-state index in [-0.39, 0.29) is 6.04 Å². The molecule has 0 bridgehead atoms. The van der Waals surface area contributed by atoms with Gasteiger partial charge in [-0.2, -0.15) is 0 Å². The maximum Gasteiger partial charge on any atom is 0.0721 e. The molecule has 16 heavy (non-hydrogen) atoms. The number of halogens is 1. The molecule has 2 aromatic rings. The second-order valence-corrected chi connectivity index (χ2v) is 3.88. The summed E-state index contributed by atoms with van der Waals surface area (Å²) in [7, 11) is 0. The van der Waals surface area contributed by atoms with Crippen molar-refractivity contribution in [2.75, 3.05) is 5.32 Å². The number of hydrogen-bond acceptors (Lipinski definition) is 3. The summed E-state index contributed by atoms with van der Waals surface area (Å²) in [5.74, 6) is 0. The van der Waals surface area contributed by atoms with Crippen LogP contribution in [0.5, 0.6) is 0 Å². The van der Waals surface area contributed by atoms with E-state index in [4.69, 9.17) is 11.6 Å². The summed E-state index contributed by atoms with van der Waals surface area (Å²) in [5, 5.41) is 3.93. The van der Waals surface area contributed by atoms with Crippen LogP contribution in [0, 0.1) is 0 Å². The Morgan fingerprint density at radius 1 is 1.25 bits per heavy atom. The van der Waals surface area contributed by atoms with Crippen molar-refractivity contribution in [3.05, 3.63) is 53.6 Å². The van der Waals surface area contributed by atoms with E-state index in [2.05, 4.69) is 15.3 Å². The van der Waals surface area contributed by atoms with Crippen molar-refractivity contribution < 1.29 is 0 Å². The predicted molar refractivity (Wildman–Crippen MR) is 65.5 cm³/mol. The van der Waals surface area contributed by atoms with Crippen molar-refractivity contribution in [3.8, 4) is 0 Å². The third-order valence-electron chi connectivity index (χ3n) is 2.27. The van der Waals surface area contributed by atoms with Gasteiger partial charge in [-0.3, -0.25) is 9.97 Å². The van der Waals surface area contributed by atoms with E-state index in [0.717, 1.165) is 11.4 Å². The SMILES string of the molecule is CC(Nc1cnccc1Cl)c1ccccn1. The molecule has 0 radical (unpaired) electrons. The van der Waals surface area contributed by atoms with Crippen molar-refractivity contribution in [1.29, 1.82) is 0 Å². The van der Waals surface area contributed by atoms with Crippen LogP contribution in [0.3, 0.4) is 0 Å². The molecule has 0 spiro atoms. The Bertz CT molecular complexity index is 459. The smallest absolute Gasteiger partial charge is 0.0721 e. The highest BCUT2D eigenvalue weighted by Crippen LogP contribution is 2.23. The molecule has 2 aromatic heterocycles. The molecule has 2 rings (SSSR count). The van der Waals surface area contributed by atoms with Gasteiger partial charge in [0.1, 0.15) is 0 Å². The molecule has 0 aromatic carbocycles. The fourth-order valence-corrected chi connectivity index (χ4v) is 1.58. The lowest BCUT2D eigenvalue weighted by molar-refractivity contribution is 0.838. The van der Waals surface area contributed by atoms with E-state index in [0.29, 0.717) is 5.02 Å². The zero-order chi connectivity index (χ0) is 11.4. The van der Waals surface area contributed by atoms with Crippen LogP contribution >= 0.6 is 11.6 Å². The Hall–Kier alpha value is -1.61. The van der Waals surface area contributed by atoms with Gasteiger partial charge in [-0.15, -0.1) is 0 Å². The zero-order valence-corrected chi connectivity index (χ0v) is 9.65. The molecule has 82 valence electrons. The molecule has 3 nitrogen and oxygen atoms in total. The van der Waals surface area contributed by atoms with Crippen molar-refractivity contribution in [1.82, 2.24) is 9.97 Å². The zero-order valence-electron chi connectivity index (χ0n) is 8.89. The number of rotatable bonds is 3. The summed E-state index contributed by atoms with van der Waals surface area (Å²) in [6, 6.07) is 7.69. The van der Waals surface area contributed by atoms with Gasteiger partial charge in [-0.05, 0) is 25.1 Å². The topological polar surface area (TPSA) is 37.8 Å². The Labute approximate surface area is 99.5 Å². The fourth-order valence-electron chi connectivity index (χ4n) is 1.42. The molecule has 1 atom stereocenters. The van der Waals surface area contributed by atoms with Gasteiger partial charge in [-0.1, -0.05) is 17.7 Å². The highest BCUT2D eigenvalue weighted by atomic mass is 35.5. The molecule has 0 amide bonds. The van der Waals surface area contributed by atoms with Crippen LogP contribution < -0.4 is 5.32 Å². The first-order chi connectivity index (χ1) is 7.77. The second-order valence-electron chi connectivity index (χ2n) is 3.48. The van der Waals surface area contributed by atoms with E-state index < -0.39 is 0 Å². The molecule has 0 aliphatic carbocycles. The van der Waals surface area contributed by atoms with E-state index in [1.165, 1.54) is 0 Å². The molecule has 2 heterocycles. The van der Waals surface area contributed by atoms with Crippen LogP contribution in [-0.2, 0) is 0 Å². The molecule has 0 saturated heterocycles. The van der Waals surface area contributed by atoms with Crippen LogP contribution in [-0.4, -0.2) is 9.97 Å². The first-order valence-electron chi connectivity index (χ1n) is 5.04. The highest BCUT2D eigenvalue weighted by molar-refractivity contribution is 6.33. The number of nitrogens with one attached hydrogen (secondary N) is 1. The van der Waals surface area contributed by atoms with E-state index in [1.807, 2.05) is 25.1 Å². The lowest BCUT2D eigenvalue weighted by Gasteiger charge is -2.15. The molecule has 0 aliphatic heterocycles. The summed E-state index contributed by atoms with van der Waals surface area (Å²) in [5.41, 5.74) is 1.80. The minimum absolute atomic E-state index is 0.0999. The number of nitrogens with zero attached hydrogens (tertiary/aromatic N) is 2. The normalized spacial score (nSPS) is 12.1. The number of pyridine rings is 2. The van der Waals surface area contributed by atoms with Gasteiger partial charge in [0.15, 0.2) is 0 Å². The van der Waals surface area contributed by atoms with Crippen LogP contribution in [0.1, 0.15) is 18.7 Å². The van der Waals surface area contributed by atoms with Crippen LogP contribution in [0.25, 0.3) is 0 Å². The largest absolute Gasteiger partial charge is 0.374 e. The number of hydrogen-bond donors (Lipinski definition) is 1. The maximum absolute atomic E-state index is 6.03.